The Labute approximate surface area is 300 Å². The molecule has 0 bridgehead atoms. The molecule has 0 unspecified atom stereocenters. The first kappa shape index (κ1) is 48.9. The number of nitrogens with zero attached hydrogens (tertiary/aromatic N) is 1. The average Bonchev–Trinajstić information content (AvgIpc) is 3.08. The summed E-state index contributed by atoms with van der Waals surface area (Å²) >= 11 is 0. The van der Waals surface area contributed by atoms with Crippen LogP contribution in [0, 0.1) is 0 Å². The van der Waals surface area contributed by atoms with E-state index in [-0.39, 0.29) is 0 Å². The van der Waals surface area contributed by atoms with Crippen LogP contribution in [0.2, 0.25) is 6.04 Å². The van der Waals surface area contributed by atoms with Crippen LogP contribution >= 0.6 is 0 Å². The molecular formula is C33H73NO13Si2. The van der Waals surface area contributed by atoms with Crippen LogP contribution in [-0.4, -0.2) is 168 Å². The Balaban J connectivity index is 4.42. The molecule has 0 N–H and O–H groups in total. The van der Waals surface area contributed by atoms with Crippen LogP contribution in [0.25, 0.3) is 0 Å². The molecule has 0 aliphatic rings. The molecule has 49 heavy (non-hydrogen) atoms. The van der Waals surface area contributed by atoms with Crippen molar-refractivity contribution in [2.24, 2.45) is 0 Å². The van der Waals surface area contributed by atoms with Gasteiger partial charge in [-0.2, -0.15) is 0 Å². The van der Waals surface area contributed by atoms with Gasteiger partial charge in [0.25, 0.3) is 0 Å². The van der Waals surface area contributed by atoms with E-state index < -0.39 is 17.9 Å². The Morgan fingerprint density at radius 3 is 1.10 bits per heavy atom. The third kappa shape index (κ3) is 28.1. The molecule has 0 heterocycles. The van der Waals surface area contributed by atoms with Gasteiger partial charge in [-0.25, -0.2) is 0 Å². The second-order valence-corrected chi connectivity index (χ2v) is 15.5. The van der Waals surface area contributed by atoms with E-state index in [0.717, 1.165) is 45.0 Å². The van der Waals surface area contributed by atoms with E-state index >= 15 is 0 Å². The van der Waals surface area contributed by atoms with Crippen molar-refractivity contribution in [3.05, 3.63) is 0 Å². The van der Waals surface area contributed by atoms with Crippen molar-refractivity contribution in [2.75, 3.05) is 145 Å². The number of hydrogen-bond acceptors (Lipinski definition) is 14. The summed E-state index contributed by atoms with van der Waals surface area (Å²) in [5.41, 5.74) is 0. The Morgan fingerprint density at radius 1 is 0.347 bits per heavy atom. The predicted octanol–water partition coefficient (Wildman–Crippen LogP) is 4.19. The molecule has 0 rings (SSSR count). The predicted molar refractivity (Wildman–Crippen MR) is 193 cm³/mol. The van der Waals surface area contributed by atoms with Crippen LogP contribution < -0.4 is 0 Å². The third-order valence-electron chi connectivity index (χ3n) is 6.75. The van der Waals surface area contributed by atoms with Crippen LogP contribution in [0.4, 0.5) is 0 Å². The minimum atomic E-state index is -3.19. The van der Waals surface area contributed by atoms with Crippen molar-refractivity contribution in [3.8, 4) is 0 Å². The molecule has 0 saturated carbocycles. The zero-order valence-corrected chi connectivity index (χ0v) is 34.1. The molecule has 0 amide bonds. The molecule has 296 valence electrons. The summed E-state index contributed by atoms with van der Waals surface area (Å²) in [6.07, 6.45) is 3.09. The molecule has 0 saturated heterocycles. The molecule has 0 atom stereocenters. The molecule has 0 aromatic carbocycles. The van der Waals surface area contributed by atoms with Gasteiger partial charge in [0, 0.05) is 65.4 Å². The molecule has 0 radical (unpaired) electrons. The van der Waals surface area contributed by atoms with Gasteiger partial charge < -0.3 is 59.4 Å². The molecule has 0 fully saturated rings. The lowest BCUT2D eigenvalue weighted by Gasteiger charge is -2.30. The molecule has 16 heteroatoms. The van der Waals surface area contributed by atoms with E-state index in [4.69, 9.17) is 59.4 Å². The maximum atomic E-state index is 6.17. The normalized spacial score (nSPS) is 12.5. The van der Waals surface area contributed by atoms with Crippen LogP contribution in [0.1, 0.15) is 67.7 Å². The van der Waals surface area contributed by atoms with Gasteiger partial charge in [0.15, 0.2) is 0 Å². The molecule has 0 aromatic rings. The van der Waals surface area contributed by atoms with E-state index in [1.807, 2.05) is 41.5 Å². The fourth-order valence-electron chi connectivity index (χ4n) is 4.58. The van der Waals surface area contributed by atoms with Gasteiger partial charge >= 0.3 is 17.9 Å². The topological polar surface area (TPSA) is 123 Å². The van der Waals surface area contributed by atoms with Crippen LogP contribution in [-0.2, 0) is 59.4 Å². The summed E-state index contributed by atoms with van der Waals surface area (Å²) in [6, 6.07) is 0.738. The maximum absolute atomic E-state index is 6.17. The fraction of sp³-hybridized carbons (Fsp3) is 1.00. The largest absolute Gasteiger partial charge is 0.679 e. The van der Waals surface area contributed by atoms with Gasteiger partial charge in [-0.15, -0.1) is 0 Å². The Kier molecular flexibility index (Phi) is 36.1. The highest BCUT2D eigenvalue weighted by molar-refractivity contribution is 6.60. The Morgan fingerprint density at radius 2 is 0.714 bits per heavy atom. The van der Waals surface area contributed by atoms with Crippen molar-refractivity contribution in [1.82, 2.24) is 4.90 Å². The van der Waals surface area contributed by atoms with Gasteiger partial charge in [-0.1, -0.05) is 13.3 Å². The minimum Gasteiger partial charge on any atom is -0.379 e. The highest BCUT2D eigenvalue weighted by Gasteiger charge is 2.45. The minimum absolute atomic E-state index is 0.410. The van der Waals surface area contributed by atoms with Crippen molar-refractivity contribution < 1.29 is 59.4 Å². The summed E-state index contributed by atoms with van der Waals surface area (Å²) in [5, 5.41) is 0. The standard InChI is InChI=1S/C33H73NO13Si2/c1-8-15-20-35-23-25-37-27-29-39-31-32-40-30-28-38-26-24-36-21-18-34(17-16-33-48(41-9-2,42-10-3)43-11-4)19-22-47-49(44-12-5,45-13-6)46-14-7/h8-33H2,1-7H3. The zero-order chi connectivity index (χ0) is 36.2. The highest BCUT2D eigenvalue weighted by Crippen LogP contribution is 2.19. The summed E-state index contributed by atoms with van der Waals surface area (Å²) in [6.45, 7) is 26.2. The second-order valence-electron chi connectivity index (χ2n) is 10.6. The van der Waals surface area contributed by atoms with Crippen LogP contribution in [0.5, 0.6) is 0 Å². The van der Waals surface area contributed by atoms with Crippen molar-refractivity contribution in [1.29, 1.82) is 0 Å². The lowest BCUT2D eigenvalue weighted by atomic mass is 10.4. The van der Waals surface area contributed by atoms with Gasteiger partial charge in [-0.3, -0.25) is 4.90 Å². The Bertz CT molecular complexity index is 610. The summed E-state index contributed by atoms with van der Waals surface area (Å²) in [4.78, 5) is 2.30. The average molecular weight is 748 g/mol. The molecule has 0 aliphatic heterocycles. The number of hydrogen-bond donors (Lipinski definition) is 0. The van der Waals surface area contributed by atoms with Gasteiger partial charge in [0.2, 0.25) is 0 Å². The first-order valence-electron chi connectivity index (χ1n) is 18.7. The van der Waals surface area contributed by atoms with Crippen molar-refractivity contribution in [3.63, 3.8) is 0 Å². The van der Waals surface area contributed by atoms with Crippen LogP contribution in [0.3, 0.4) is 0 Å². The Hall–Kier alpha value is -0.126. The van der Waals surface area contributed by atoms with Crippen molar-refractivity contribution in [2.45, 2.75) is 73.8 Å². The fourth-order valence-corrected chi connectivity index (χ4v) is 9.07. The zero-order valence-electron chi connectivity index (χ0n) is 32.1. The first-order valence-corrected chi connectivity index (χ1v) is 22.2. The maximum Gasteiger partial charge on any atom is 0.679 e. The molecule has 14 nitrogen and oxygen atoms in total. The second kappa shape index (κ2) is 36.2. The van der Waals surface area contributed by atoms with Crippen molar-refractivity contribution >= 4 is 17.9 Å². The quantitative estimate of drug-likeness (QED) is 0.0656. The SMILES string of the molecule is CCCCOCCOCCOCCOCCOCCOCCN(CCC[Si](OCC)(OCC)OCC)CCO[Si](OCC)(OCC)OCC. The number of unbranched alkanes of at least 4 members (excludes halogenated alkanes) is 1. The lowest BCUT2D eigenvalue weighted by molar-refractivity contribution is -0.0323. The summed E-state index contributed by atoms with van der Waals surface area (Å²) in [5.74, 6) is 0. The number of ether oxygens (including phenoxy) is 6. The van der Waals surface area contributed by atoms with Gasteiger partial charge in [0.1, 0.15) is 0 Å². The van der Waals surface area contributed by atoms with E-state index in [1.165, 1.54) is 0 Å². The molecular weight excluding hydrogens is 675 g/mol. The van der Waals surface area contributed by atoms with E-state index in [9.17, 15) is 0 Å². The number of rotatable bonds is 41. The van der Waals surface area contributed by atoms with Gasteiger partial charge in [-0.05, 0) is 60.9 Å². The van der Waals surface area contributed by atoms with E-state index in [2.05, 4.69) is 11.8 Å². The lowest BCUT2D eigenvalue weighted by Crippen LogP contribution is -2.50. The molecule has 0 aliphatic carbocycles. The first-order chi connectivity index (χ1) is 24.0. The van der Waals surface area contributed by atoms with E-state index in [1.54, 1.807) is 0 Å². The monoisotopic (exact) mass is 747 g/mol. The molecule has 0 aromatic heterocycles. The highest BCUT2D eigenvalue weighted by atomic mass is 28.4. The smallest absolute Gasteiger partial charge is 0.379 e. The third-order valence-corrected chi connectivity index (χ3v) is 12.4. The summed E-state index contributed by atoms with van der Waals surface area (Å²) in [7, 11) is -5.91. The molecule has 0 spiro atoms. The van der Waals surface area contributed by atoms with E-state index in [0.29, 0.717) is 125 Å². The summed E-state index contributed by atoms with van der Waals surface area (Å²) < 4.78 is 75.5. The van der Waals surface area contributed by atoms with Gasteiger partial charge in [0.05, 0.1) is 79.3 Å². The van der Waals surface area contributed by atoms with Crippen LogP contribution in [0.15, 0.2) is 0 Å².